The SMILES string of the molecule is CCCN(C(=O)c1cc2c(s1)CCCC2)C1CCCNC1. The zero-order chi connectivity index (χ0) is 14.7. The van der Waals surface area contributed by atoms with E-state index in [-0.39, 0.29) is 5.91 Å². The number of carbonyl (C=O) groups is 1. The Morgan fingerprint density at radius 3 is 2.95 bits per heavy atom. The molecule has 0 radical (unpaired) electrons. The number of amides is 1. The number of hydrogen-bond donors (Lipinski definition) is 1. The quantitative estimate of drug-likeness (QED) is 0.926. The third-order valence-corrected chi connectivity index (χ3v) is 5.87. The van der Waals surface area contributed by atoms with E-state index in [1.54, 1.807) is 11.3 Å². The Kier molecular flexibility index (Phi) is 4.96. The average Bonchev–Trinajstić information content (AvgIpc) is 2.97. The van der Waals surface area contributed by atoms with Gasteiger partial charge in [-0.3, -0.25) is 4.79 Å². The maximum Gasteiger partial charge on any atom is 0.264 e. The lowest BCUT2D eigenvalue weighted by Gasteiger charge is -2.34. The molecule has 1 N–H and O–H groups in total. The number of rotatable bonds is 4. The van der Waals surface area contributed by atoms with Crippen LogP contribution in [-0.4, -0.2) is 36.5 Å². The van der Waals surface area contributed by atoms with Crippen molar-refractivity contribution in [2.75, 3.05) is 19.6 Å². The van der Waals surface area contributed by atoms with Gasteiger partial charge >= 0.3 is 0 Å². The normalized spacial score (nSPS) is 21.9. The van der Waals surface area contributed by atoms with Crippen molar-refractivity contribution in [2.45, 2.75) is 57.9 Å². The summed E-state index contributed by atoms with van der Waals surface area (Å²) in [5.74, 6) is 0.268. The molecule has 1 amide bonds. The fourth-order valence-electron chi connectivity index (χ4n) is 3.53. The number of piperidine rings is 1. The van der Waals surface area contributed by atoms with Crippen LogP contribution in [0, 0.1) is 0 Å². The van der Waals surface area contributed by atoms with Crippen LogP contribution < -0.4 is 5.32 Å². The number of nitrogens with zero attached hydrogens (tertiary/aromatic N) is 1. The van der Waals surface area contributed by atoms with Gasteiger partial charge in [0.2, 0.25) is 0 Å². The average molecular weight is 306 g/mol. The fraction of sp³-hybridized carbons (Fsp3) is 0.706. The van der Waals surface area contributed by atoms with Crippen LogP contribution in [0.4, 0.5) is 0 Å². The number of hydrogen-bond acceptors (Lipinski definition) is 3. The van der Waals surface area contributed by atoms with Crippen molar-refractivity contribution in [2.24, 2.45) is 0 Å². The fourth-order valence-corrected chi connectivity index (χ4v) is 4.74. The zero-order valence-corrected chi connectivity index (χ0v) is 13.8. The predicted octanol–water partition coefficient (Wildman–Crippen LogP) is 3.23. The minimum atomic E-state index is 0.268. The lowest BCUT2D eigenvalue weighted by atomic mass is 9.99. The molecular weight excluding hydrogens is 280 g/mol. The minimum absolute atomic E-state index is 0.268. The standard InChI is InChI=1S/C17H26N2OS/c1-2-10-19(14-7-5-9-18-12-14)17(20)16-11-13-6-3-4-8-15(13)21-16/h11,14,18H,2-10,12H2,1H3. The first-order valence-electron chi connectivity index (χ1n) is 8.43. The molecule has 1 saturated heterocycles. The Morgan fingerprint density at radius 1 is 1.38 bits per heavy atom. The molecule has 1 aliphatic heterocycles. The third-order valence-electron chi connectivity index (χ3n) is 4.64. The van der Waals surface area contributed by atoms with Crippen LogP contribution in [0.2, 0.25) is 0 Å². The van der Waals surface area contributed by atoms with Crippen molar-refractivity contribution in [3.63, 3.8) is 0 Å². The molecule has 1 aromatic rings. The molecule has 4 heteroatoms. The monoisotopic (exact) mass is 306 g/mol. The lowest BCUT2D eigenvalue weighted by molar-refractivity contribution is 0.0654. The lowest BCUT2D eigenvalue weighted by Crippen LogP contribution is -2.48. The Hall–Kier alpha value is -0.870. The highest BCUT2D eigenvalue weighted by Crippen LogP contribution is 2.31. The van der Waals surface area contributed by atoms with Gasteiger partial charge in [-0.15, -0.1) is 11.3 Å². The van der Waals surface area contributed by atoms with Crippen LogP contribution in [0.1, 0.15) is 59.1 Å². The number of fused-ring (bicyclic) bond motifs is 1. The van der Waals surface area contributed by atoms with Crippen LogP contribution in [0.25, 0.3) is 0 Å². The molecule has 0 saturated carbocycles. The molecule has 1 unspecified atom stereocenters. The number of carbonyl (C=O) groups excluding carboxylic acids is 1. The molecular formula is C17H26N2OS. The Morgan fingerprint density at radius 2 is 2.24 bits per heavy atom. The Bertz CT molecular complexity index is 467. The van der Waals surface area contributed by atoms with Crippen LogP contribution in [0.5, 0.6) is 0 Å². The summed E-state index contributed by atoms with van der Waals surface area (Å²) < 4.78 is 0. The molecule has 1 aliphatic carbocycles. The van der Waals surface area contributed by atoms with Crippen LogP contribution >= 0.6 is 11.3 Å². The smallest absolute Gasteiger partial charge is 0.264 e. The summed E-state index contributed by atoms with van der Waals surface area (Å²) in [6.45, 7) is 5.10. The van der Waals surface area contributed by atoms with Crippen molar-refractivity contribution in [1.29, 1.82) is 0 Å². The van der Waals surface area contributed by atoms with E-state index in [0.29, 0.717) is 6.04 Å². The first-order chi connectivity index (χ1) is 10.3. The third kappa shape index (κ3) is 3.32. The van der Waals surface area contributed by atoms with Gasteiger partial charge in [-0.25, -0.2) is 0 Å². The molecule has 2 aliphatic rings. The highest BCUT2D eigenvalue weighted by molar-refractivity contribution is 7.14. The second-order valence-corrected chi connectivity index (χ2v) is 7.40. The van der Waals surface area contributed by atoms with E-state index in [0.717, 1.165) is 43.8 Å². The van der Waals surface area contributed by atoms with E-state index < -0.39 is 0 Å². The summed E-state index contributed by atoms with van der Waals surface area (Å²) in [6, 6.07) is 2.56. The van der Waals surface area contributed by atoms with Crippen LogP contribution in [0.15, 0.2) is 6.07 Å². The van der Waals surface area contributed by atoms with Gasteiger partial charge in [0, 0.05) is 24.0 Å². The van der Waals surface area contributed by atoms with Crippen molar-refractivity contribution >= 4 is 17.2 Å². The first-order valence-corrected chi connectivity index (χ1v) is 9.24. The molecule has 21 heavy (non-hydrogen) atoms. The molecule has 2 heterocycles. The van der Waals surface area contributed by atoms with E-state index in [4.69, 9.17) is 0 Å². The maximum atomic E-state index is 13.0. The number of nitrogens with one attached hydrogen (secondary N) is 1. The summed E-state index contributed by atoms with van der Waals surface area (Å²) in [4.78, 5) is 17.5. The number of thiophene rings is 1. The molecule has 1 fully saturated rings. The topological polar surface area (TPSA) is 32.3 Å². The predicted molar refractivity (Wildman–Crippen MR) is 88.2 cm³/mol. The Labute approximate surface area is 131 Å². The molecule has 3 nitrogen and oxygen atoms in total. The summed E-state index contributed by atoms with van der Waals surface area (Å²) in [5.41, 5.74) is 1.44. The van der Waals surface area contributed by atoms with E-state index in [9.17, 15) is 4.79 Å². The van der Waals surface area contributed by atoms with Gasteiger partial charge in [-0.1, -0.05) is 6.92 Å². The van der Waals surface area contributed by atoms with E-state index in [1.165, 1.54) is 36.1 Å². The van der Waals surface area contributed by atoms with Crippen LogP contribution in [-0.2, 0) is 12.8 Å². The summed E-state index contributed by atoms with van der Waals surface area (Å²) in [6.07, 6.45) is 8.26. The van der Waals surface area contributed by atoms with E-state index in [1.807, 2.05) is 0 Å². The van der Waals surface area contributed by atoms with Gasteiger partial charge in [0.1, 0.15) is 0 Å². The zero-order valence-electron chi connectivity index (χ0n) is 13.0. The van der Waals surface area contributed by atoms with Gasteiger partial charge in [0.15, 0.2) is 0 Å². The second kappa shape index (κ2) is 6.93. The first kappa shape index (κ1) is 15.0. The number of aryl methyl sites for hydroxylation is 2. The van der Waals surface area contributed by atoms with E-state index in [2.05, 4.69) is 23.2 Å². The molecule has 3 rings (SSSR count). The largest absolute Gasteiger partial charge is 0.334 e. The molecule has 1 atom stereocenters. The van der Waals surface area contributed by atoms with Gasteiger partial charge in [0.25, 0.3) is 5.91 Å². The van der Waals surface area contributed by atoms with Crippen molar-refractivity contribution in [3.05, 3.63) is 21.4 Å². The van der Waals surface area contributed by atoms with Crippen molar-refractivity contribution in [1.82, 2.24) is 10.2 Å². The molecule has 116 valence electrons. The van der Waals surface area contributed by atoms with Gasteiger partial charge in [-0.05, 0) is 63.1 Å². The highest BCUT2D eigenvalue weighted by Gasteiger charge is 2.27. The molecule has 1 aromatic heterocycles. The van der Waals surface area contributed by atoms with Gasteiger partial charge in [-0.2, -0.15) is 0 Å². The van der Waals surface area contributed by atoms with Crippen LogP contribution in [0.3, 0.4) is 0 Å². The minimum Gasteiger partial charge on any atom is -0.334 e. The van der Waals surface area contributed by atoms with Gasteiger partial charge < -0.3 is 10.2 Å². The molecule has 0 aromatic carbocycles. The highest BCUT2D eigenvalue weighted by atomic mass is 32.1. The molecule has 0 bridgehead atoms. The van der Waals surface area contributed by atoms with Crippen molar-refractivity contribution < 1.29 is 4.79 Å². The maximum absolute atomic E-state index is 13.0. The van der Waals surface area contributed by atoms with Crippen molar-refractivity contribution in [3.8, 4) is 0 Å². The second-order valence-electron chi connectivity index (χ2n) is 6.26. The Balaban J connectivity index is 1.77. The summed E-state index contributed by atoms with van der Waals surface area (Å²) >= 11 is 1.75. The van der Waals surface area contributed by atoms with Gasteiger partial charge in [0.05, 0.1) is 4.88 Å². The summed E-state index contributed by atoms with van der Waals surface area (Å²) in [5, 5.41) is 3.44. The summed E-state index contributed by atoms with van der Waals surface area (Å²) in [7, 11) is 0. The molecule has 0 spiro atoms. The van der Waals surface area contributed by atoms with E-state index >= 15 is 0 Å².